The molecule has 3 aromatic carbocycles. The van der Waals surface area contributed by atoms with E-state index in [1.54, 1.807) is 30.3 Å². The number of hydrogen-bond donors (Lipinski definition) is 2. The minimum atomic E-state index is -0.439. The number of nitrogen functional groups attached to an aromatic ring is 1. The minimum absolute atomic E-state index is 0.0834. The molecule has 0 heterocycles. The summed E-state index contributed by atoms with van der Waals surface area (Å²) in [4.78, 5) is 0. The molecule has 1 aliphatic carbocycles. The van der Waals surface area contributed by atoms with Crippen LogP contribution in [-0.2, 0) is 6.42 Å². The molecule has 4 rings (SSSR count). The molecule has 0 radical (unpaired) electrons. The number of aromatic hydroxyl groups is 1. The summed E-state index contributed by atoms with van der Waals surface area (Å²) in [6.45, 7) is 0. The van der Waals surface area contributed by atoms with Crippen molar-refractivity contribution in [1.29, 1.82) is 0 Å². The number of fused-ring (bicyclic) bond motifs is 1. The Labute approximate surface area is 150 Å². The van der Waals surface area contributed by atoms with Gasteiger partial charge in [-0.05, 0) is 77.4 Å². The van der Waals surface area contributed by atoms with Crippen molar-refractivity contribution in [3.63, 3.8) is 0 Å². The van der Waals surface area contributed by atoms with Gasteiger partial charge in [-0.25, -0.2) is 8.78 Å². The number of nitrogens with two attached hydrogens (primary N) is 1. The molecular weight excluding hydrogens is 332 g/mol. The summed E-state index contributed by atoms with van der Waals surface area (Å²) in [6.07, 6.45) is 1.64. The summed E-state index contributed by atoms with van der Waals surface area (Å²) in [7, 11) is 0. The van der Waals surface area contributed by atoms with Gasteiger partial charge < -0.3 is 10.8 Å². The first-order valence-electron chi connectivity index (χ1n) is 8.65. The Morgan fingerprint density at radius 3 is 2.35 bits per heavy atom. The van der Waals surface area contributed by atoms with Gasteiger partial charge in [-0.2, -0.15) is 0 Å². The SMILES string of the molecule is Nc1ccc(C2c3ccc(O)cc3CCC2c2ccc(F)cc2)cc1F. The fourth-order valence-corrected chi connectivity index (χ4v) is 4.02. The number of aryl methyl sites for hydroxylation is 1. The maximum atomic E-state index is 14.1. The van der Waals surface area contributed by atoms with Crippen molar-refractivity contribution in [2.75, 3.05) is 5.73 Å². The second-order valence-electron chi connectivity index (χ2n) is 6.84. The second-order valence-corrected chi connectivity index (χ2v) is 6.84. The first-order chi connectivity index (χ1) is 12.5. The van der Waals surface area contributed by atoms with Gasteiger partial charge >= 0.3 is 0 Å². The number of phenolic OH excluding ortho intramolecular Hbond substituents is 1. The van der Waals surface area contributed by atoms with Crippen LogP contribution in [0.4, 0.5) is 14.5 Å². The molecule has 1 aliphatic rings. The van der Waals surface area contributed by atoms with E-state index >= 15 is 0 Å². The molecule has 0 saturated heterocycles. The lowest BCUT2D eigenvalue weighted by Gasteiger charge is -2.35. The highest BCUT2D eigenvalue weighted by atomic mass is 19.1. The lowest BCUT2D eigenvalue weighted by atomic mass is 9.69. The highest BCUT2D eigenvalue weighted by molar-refractivity contribution is 5.50. The lowest BCUT2D eigenvalue weighted by Crippen LogP contribution is -2.20. The lowest BCUT2D eigenvalue weighted by molar-refractivity contribution is 0.469. The smallest absolute Gasteiger partial charge is 0.146 e. The highest BCUT2D eigenvalue weighted by Gasteiger charge is 2.32. The summed E-state index contributed by atoms with van der Waals surface area (Å²) in [5, 5.41) is 9.82. The molecule has 0 spiro atoms. The van der Waals surface area contributed by atoms with Gasteiger partial charge in [0.25, 0.3) is 0 Å². The van der Waals surface area contributed by atoms with Crippen molar-refractivity contribution in [2.45, 2.75) is 24.7 Å². The quantitative estimate of drug-likeness (QED) is 0.630. The van der Waals surface area contributed by atoms with Crippen molar-refractivity contribution in [1.82, 2.24) is 0 Å². The van der Waals surface area contributed by atoms with E-state index in [2.05, 4.69) is 0 Å². The van der Waals surface area contributed by atoms with Crippen LogP contribution >= 0.6 is 0 Å². The average Bonchev–Trinajstić information content (AvgIpc) is 2.64. The van der Waals surface area contributed by atoms with Gasteiger partial charge in [-0.3, -0.25) is 0 Å². The van der Waals surface area contributed by atoms with Crippen LogP contribution in [0.2, 0.25) is 0 Å². The Morgan fingerprint density at radius 2 is 1.62 bits per heavy atom. The second kappa shape index (κ2) is 6.45. The summed E-state index contributed by atoms with van der Waals surface area (Å²) in [5.74, 6) is -0.474. The molecule has 3 aromatic rings. The topological polar surface area (TPSA) is 46.2 Å². The van der Waals surface area contributed by atoms with Crippen LogP contribution in [0.25, 0.3) is 0 Å². The van der Waals surface area contributed by atoms with Crippen LogP contribution in [-0.4, -0.2) is 5.11 Å². The zero-order chi connectivity index (χ0) is 18.3. The Balaban J connectivity index is 1.87. The molecule has 0 fully saturated rings. The van der Waals surface area contributed by atoms with Crippen LogP contribution in [0.3, 0.4) is 0 Å². The average molecular weight is 351 g/mol. The molecule has 2 atom stereocenters. The zero-order valence-electron chi connectivity index (χ0n) is 14.1. The molecule has 3 N–H and O–H groups in total. The third kappa shape index (κ3) is 2.92. The molecule has 2 unspecified atom stereocenters. The molecule has 2 nitrogen and oxygen atoms in total. The number of halogens is 2. The monoisotopic (exact) mass is 351 g/mol. The maximum Gasteiger partial charge on any atom is 0.146 e. The molecule has 0 aromatic heterocycles. The first kappa shape index (κ1) is 16.6. The molecule has 132 valence electrons. The maximum absolute atomic E-state index is 14.1. The van der Waals surface area contributed by atoms with Gasteiger partial charge in [0.15, 0.2) is 0 Å². The van der Waals surface area contributed by atoms with Crippen molar-refractivity contribution in [3.8, 4) is 5.75 Å². The van der Waals surface area contributed by atoms with E-state index in [1.807, 2.05) is 12.1 Å². The van der Waals surface area contributed by atoms with Crippen LogP contribution in [0.15, 0.2) is 60.7 Å². The molecule has 26 heavy (non-hydrogen) atoms. The third-order valence-electron chi connectivity index (χ3n) is 5.27. The van der Waals surface area contributed by atoms with Gasteiger partial charge in [0, 0.05) is 5.92 Å². The summed E-state index contributed by atoms with van der Waals surface area (Å²) in [5.41, 5.74) is 9.74. The van der Waals surface area contributed by atoms with E-state index in [4.69, 9.17) is 5.73 Å². The van der Waals surface area contributed by atoms with Crippen molar-refractivity contribution < 1.29 is 13.9 Å². The number of hydrogen-bond acceptors (Lipinski definition) is 2. The van der Waals surface area contributed by atoms with E-state index in [9.17, 15) is 13.9 Å². The normalized spacial score (nSPS) is 19.2. The van der Waals surface area contributed by atoms with Gasteiger partial charge in [-0.15, -0.1) is 0 Å². The van der Waals surface area contributed by atoms with E-state index in [-0.39, 0.29) is 29.1 Å². The minimum Gasteiger partial charge on any atom is -0.508 e. The van der Waals surface area contributed by atoms with Gasteiger partial charge in [0.1, 0.15) is 17.4 Å². The van der Waals surface area contributed by atoms with Gasteiger partial charge in [0.2, 0.25) is 0 Å². The Kier molecular flexibility index (Phi) is 4.11. The number of rotatable bonds is 2. The summed E-state index contributed by atoms with van der Waals surface area (Å²) >= 11 is 0. The van der Waals surface area contributed by atoms with Crippen LogP contribution < -0.4 is 5.73 Å². The van der Waals surface area contributed by atoms with Crippen molar-refractivity contribution in [2.24, 2.45) is 0 Å². The molecule has 0 aliphatic heterocycles. The van der Waals surface area contributed by atoms with Crippen LogP contribution in [0, 0.1) is 11.6 Å². The predicted octanol–water partition coefficient (Wildman–Crippen LogP) is 5.11. The van der Waals surface area contributed by atoms with E-state index in [0.717, 1.165) is 35.1 Å². The van der Waals surface area contributed by atoms with Crippen molar-refractivity contribution >= 4 is 5.69 Å². The molecule has 4 heteroatoms. The molecular formula is C22H19F2NO. The van der Waals surface area contributed by atoms with E-state index in [0.29, 0.717) is 0 Å². The largest absolute Gasteiger partial charge is 0.508 e. The Hall–Kier alpha value is -2.88. The number of benzene rings is 3. The predicted molar refractivity (Wildman–Crippen MR) is 98.2 cm³/mol. The first-order valence-corrected chi connectivity index (χ1v) is 8.65. The van der Waals surface area contributed by atoms with Crippen LogP contribution in [0.5, 0.6) is 5.75 Å². The van der Waals surface area contributed by atoms with Crippen molar-refractivity contribution in [3.05, 3.63) is 94.6 Å². The zero-order valence-corrected chi connectivity index (χ0v) is 14.1. The van der Waals surface area contributed by atoms with E-state index < -0.39 is 5.82 Å². The number of anilines is 1. The summed E-state index contributed by atoms with van der Waals surface area (Å²) < 4.78 is 27.5. The highest BCUT2D eigenvalue weighted by Crippen LogP contribution is 2.47. The Morgan fingerprint density at radius 1 is 0.885 bits per heavy atom. The Bertz CT molecular complexity index is 953. The van der Waals surface area contributed by atoms with Crippen LogP contribution in [0.1, 0.15) is 40.5 Å². The van der Waals surface area contributed by atoms with Gasteiger partial charge in [0.05, 0.1) is 5.69 Å². The molecule has 0 saturated carbocycles. The fraction of sp³-hybridized carbons (Fsp3) is 0.182. The standard InChI is InChI=1S/C22H19F2NO/c23-16-5-1-13(2-6-16)18-8-3-14-11-17(26)7-9-19(14)22(18)15-4-10-21(25)20(24)12-15/h1-2,4-7,9-12,18,22,26H,3,8,25H2. The fourth-order valence-electron chi connectivity index (χ4n) is 4.02. The number of phenols is 1. The van der Waals surface area contributed by atoms with E-state index in [1.165, 1.54) is 18.2 Å². The van der Waals surface area contributed by atoms with Gasteiger partial charge in [-0.1, -0.05) is 24.3 Å². The molecule has 0 bridgehead atoms. The summed E-state index contributed by atoms with van der Waals surface area (Å²) in [6, 6.07) is 16.8. The molecule has 0 amide bonds. The third-order valence-corrected chi connectivity index (χ3v) is 5.27.